The molecular weight excluding hydrogens is 613 g/mol. The summed E-state index contributed by atoms with van der Waals surface area (Å²) in [6.07, 6.45) is 29.2. The van der Waals surface area contributed by atoms with Crippen LogP contribution in [-0.2, 0) is 27.9 Å². The fourth-order valence-corrected chi connectivity index (χ4v) is 6.26. The molecule has 282 valence electrons. The first-order valence-corrected chi connectivity index (χ1v) is 21.2. The van der Waals surface area contributed by atoms with Crippen molar-refractivity contribution < 1.29 is 37.3 Å². The van der Waals surface area contributed by atoms with Crippen molar-refractivity contribution in [2.75, 3.05) is 54.1 Å². The minimum absolute atomic E-state index is 0.0279. The standard InChI is InChI=1S/C38H78NO7P/c1-7-9-11-13-15-17-18-19-20-21-23-25-27-29-32-43-34-37(35-45-47(41,42)44-33-31-39(4,5)6)46-38(40)36(3)30-28-26-24-22-16-14-12-10-8-2/h36-37H,7-35H2,1-6H3/t36-,37+/m0/s1. The van der Waals surface area contributed by atoms with Crippen molar-refractivity contribution in [2.24, 2.45) is 5.92 Å². The lowest BCUT2D eigenvalue weighted by atomic mass is 10.0. The maximum Gasteiger partial charge on any atom is 0.309 e. The van der Waals surface area contributed by atoms with E-state index in [0.717, 1.165) is 32.1 Å². The zero-order valence-corrected chi connectivity index (χ0v) is 32.8. The van der Waals surface area contributed by atoms with Gasteiger partial charge in [0.05, 0.1) is 40.3 Å². The molecule has 47 heavy (non-hydrogen) atoms. The molecule has 0 bridgehead atoms. The summed E-state index contributed by atoms with van der Waals surface area (Å²) >= 11 is 0. The average molecular weight is 692 g/mol. The number of hydrogen-bond donors (Lipinski definition) is 0. The van der Waals surface area contributed by atoms with Crippen LogP contribution in [0.4, 0.5) is 0 Å². The van der Waals surface area contributed by atoms with E-state index in [1.54, 1.807) is 0 Å². The van der Waals surface area contributed by atoms with Crippen LogP contribution in [0.1, 0.15) is 175 Å². The number of ether oxygens (including phenoxy) is 2. The third-order valence-electron chi connectivity index (χ3n) is 8.80. The Balaban J connectivity index is 4.38. The van der Waals surface area contributed by atoms with Crippen molar-refractivity contribution in [3.05, 3.63) is 0 Å². The van der Waals surface area contributed by atoms with Gasteiger partial charge in [-0.2, -0.15) is 0 Å². The highest BCUT2D eigenvalue weighted by Crippen LogP contribution is 2.38. The molecule has 8 nitrogen and oxygen atoms in total. The lowest BCUT2D eigenvalue weighted by Crippen LogP contribution is -2.37. The molecule has 0 aliphatic carbocycles. The van der Waals surface area contributed by atoms with Gasteiger partial charge in [0.15, 0.2) is 0 Å². The number of likely N-dealkylation sites (N-methyl/N-ethyl adjacent to an activating group) is 1. The number of unbranched alkanes of at least 4 members (excludes halogenated alkanes) is 21. The summed E-state index contributed by atoms with van der Waals surface area (Å²) in [7, 11) is 1.36. The van der Waals surface area contributed by atoms with E-state index >= 15 is 0 Å². The number of phosphoric ester groups is 1. The van der Waals surface area contributed by atoms with E-state index in [2.05, 4.69) is 13.8 Å². The monoisotopic (exact) mass is 692 g/mol. The molecule has 0 heterocycles. The first-order valence-electron chi connectivity index (χ1n) is 19.7. The summed E-state index contributed by atoms with van der Waals surface area (Å²) in [5.41, 5.74) is 0. The van der Waals surface area contributed by atoms with Crippen molar-refractivity contribution >= 4 is 13.8 Å². The second-order valence-corrected chi connectivity index (χ2v) is 16.2. The van der Waals surface area contributed by atoms with Crippen LogP contribution in [0.3, 0.4) is 0 Å². The average Bonchev–Trinajstić information content (AvgIpc) is 3.01. The SMILES string of the molecule is CCCCCCCCCCCCCCCCOC[C@H](COP(=O)([O-])OCC[N+](C)(C)C)OC(=O)[C@@H](C)CCCCCCCCCCC. The van der Waals surface area contributed by atoms with Crippen molar-refractivity contribution in [3.8, 4) is 0 Å². The zero-order valence-electron chi connectivity index (χ0n) is 31.9. The Bertz CT molecular complexity index is 746. The van der Waals surface area contributed by atoms with Gasteiger partial charge >= 0.3 is 5.97 Å². The quantitative estimate of drug-likeness (QED) is 0.0279. The summed E-state index contributed by atoms with van der Waals surface area (Å²) in [6.45, 7) is 7.28. The van der Waals surface area contributed by atoms with E-state index in [9.17, 15) is 14.3 Å². The molecule has 0 saturated carbocycles. The number of carbonyl (C=O) groups is 1. The van der Waals surface area contributed by atoms with Crippen molar-refractivity contribution in [2.45, 2.75) is 181 Å². The van der Waals surface area contributed by atoms with Gasteiger partial charge in [0.2, 0.25) is 0 Å². The summed E-state index contributed by atoms with van der Waals surface area (Å²) in [5, 5.41) is 0. The number of phosphoric acid groups is 1. The lowest BCUT2D eigenvalue weighted by molar-refractivity contribution is -0.870. The maximum absolute atomic E-state index is 12.9. The minimum atomic E-state index is -4.52. The van der Waals surface area contributed by atoms with Crippen LogP contribution in [0.2, 0.25) is 0 Å². The first kappa shape index (κ1) is 46.5. The van der Waals surface area contributed by atoms with Gasteiger partial charge in [-0.05, 0) is 12.8 Å². The molecule has 0 N–H and O–H groups in total. The van der Waals surface area contributed by atoms with E-state index in [-0.39, 0.29) is 31.7 Å². The molecule has 0 rings (SSSR count). The molecule has 0 fully saturated rings. The van der Waals surface area contributed by atoms with Gasteiger partial charge in [-0.3, -0.25) is 9.36 Å². The number of esters is 1. The van der Waals surface area contributed by atoms with Crippen LogP contribution < -0.4 is 4.89 Å². The molecule has 0 aromatic rings. The number of rotatable bonds is 36. The van der Waals surface area contributed by atoms with E-state index in [4.69, 9.17) is 18.5 Å². The highest BCUT2D eigenvalue weighted by Gasteiger charge is 2.23. The van der Waals surface area contributed by atoms with E-state index < -0.39 is 13.9 Å². The van der Waals surface area contributed by atoms with E-state index in [1.807, 2.05) is 28.1 Å². The normalized spacial score (nSPS) is 14.6. The second-order valence-electron chi connectivity index (χ2n) is 14.8. The Morgan fingerprint density at radius 2 is 1.04 bits per heavy atom. The summed E-state index contributed by atoms with van der Waals surface area (Å²) in [6, 6.07) is 0. The van der Waals surface area contributed by atoms with Crippen molar-refractivity contribution in [3.63, 3.8) is 0 Å². The molecule has 0 aromatic carbocycles. The Morgan fingerprint density at radius 1 is 0.617 bits per heavy atom. The highest BCUT2D eigenvalue weighted by molar-refractivity contribution is 7.45. The third-order valence-corrected chi connectivity index (χ3v) is 9.77. The van der Waals surface area contributed by atoms with Crippen LogP contribution >= 0.6 is 7.82 Å². The van der Waals surface area contributed by atoms with E-state index in [1.165, 1.54) is 122 Å². The molecule has 0 aromatic heterocycles. The largest absolute Gasteiger partial charge is 0.756 e. The Labute approximate surface area is 291 Å². The fourth-order valence-electron chi connectivity index (χ4n) is 5.53. The maximum atomic E-state index is 12.9. The molecule has 0 saturated heterocycles. The van der Waals surface area contributed by atoms with Crippen molar-refractivity contribution in [1.29, 1.82) is 0 Å². The summed E-state index contributed by atoms with van der Waals surface area (Å²) in [4.78, 5) is 25.2. The third kappa shape index (κ3) is 33.8. The minimum Gasteiger partial charge on any atom is -0.756 e. The number of nitrogens with zero attached hydrogens (tertiary/aromatic N) is 1. The summed E-state index contributed by atoms with van der Waals surface area (Å²) in [5.74, 6) is -0.586. The van der Waals surface area contributed by atoms with Crippen LogP contribution in [0.5, 0.6) is 0 Å². The van der Waals surface area contributed by atoms with Gasteiger partial charge in [0.1, 0.15) is 19.3 Å². The number of carbonyl (C=O) groups excluding carboxylic acids is 1. The van der Waals surface area contributed by atoms with Gasteiger partial charge in [-0.25, -0.2) is 0 Å². The van der Waals surface area contributed by atoms with Crippen LogP contribution in [0.25, 0.3) is 0 Å². The molecular formula is C38H78NO7P. The Kier molecular flexibility index (Phi) is 31.1. The molecule has 0 aliphatic rings. The molecule has 9 heteroatoms. The van der Waals surface area contributed by atoms with Gasteiger partial charge in [0, 0.05) is 6.61 Å². The second kappa shape index (κ2) is 31.5. The Morgan fingerprint density at radius 3 is 1.49 bits per heavy atom. The van der Waals surface area contributed by atoms with E-state index in [0.29, 0.717) is 17.6 Å². The predicted molar refractivity (Wildman–Crippen MR) is 194 cm³/mol. The van der Waals surface area contributed by atoms with Gasteiger partial charge in [0.25, 0.3) is 7.82 Å². The molecule has 1 unspecified atom stereocenters. The smallest absolute Gasteiger partial charge is 0.309 e. The highest BCUT2D eigenvalue weighted by atomic mass is 31.2. The molecule has 0 aliphatic heterocycles. The topological polar surface area (TPSA) is 94.1 Å². The van der Waals surface area contributed by atoms with Crippen LogP contribution in [0, 0.1) is 5.92 Å². The lowest BCUT2D eigenvalue weighted by Gasteiger charge is -2.28. The Hall–Kier alpha value is -0.500. The summed E-state index contributed by atoms with van der Waals surface area (Å²) < 4.78 is 34.7. The van der Waals surface area contributed by atoms with Gasteiger partial charge < -0.3 is 27.9 Å². The van der Waals surface area contributed by atoms with Gasteiger partial charge in [-0.1, -0.05) is 162 Å². The predicted octanol–water partition coefficient (Wildman–Crippen LogP) is 10.2. The molecule has 3 atom stereocenters. The zero-order chi connectivity index (χ0) is 35.1. The number of hydrogen-bond acceptors (Lipinski definition) is 7. The first-order chi connectivity index (χ1) is 22.5. The van der Waals surface area contributed by atoms with Crippen LogP contribution in [0.15, 0.2) is 0 Å². The van der Waals surface area contributed by atoms with Crippen molar-refractivity contribution in [1.82, 2.24) is 0 Å². The molecule has 0 radical (unpaired) electrons. The molecule has 0 amide bonds. The van der Waals surface area contributed by atoms with Gasteiger partial charge in [-0.15, -0.1) is 0 Å². The van der Waals surface area contributed by atoms with Crippen LogP contribution in [-0.4, -0.2) is 70.7 Å². The number of quaternary nitrogens is 1. The molecule has 0 spiro atoms. The fraction of sp³-hybridized carbons (Fsp3) is 0.974.